The van der Waals surface area contributed by atoms with Gasteiger partial charge >= 0.3 is 0 Å². The van der Waals surface area contributed by atoms with E-state index in [1.54, 1.807) is 30.6 Å². The molecule has 2 aromatic rings. The largest absolute Gasteiger partial charge is 0.244 e. The predicted octanol–water partition coefficient (Wildman–Crippen LogP) is 1.35. The number of sulfone groups is 1. The van der Waals surface area contributed by atoms with Crippen molar-refractivity contribution in [3.05, 3.63) is 43.0 Å². The summed E-state index contributed by atoms with van der Waals surface area (Å²) in [5.41, 5.74) is 1.24. The Morgan fingerprint density at radius 1 is 1.25 bits per heavy atom. The molecule has 0 unspecified atom stereocenters. The van der Waals surface area contributed by atoms with Crippen molar-refractivity contribution in [2.24, 2.45) is 0 Å². The van der Waals surface area contributed by atoms with Gasteiger partial charge in [-0.2, -0.15) is 0 Å². The molecule has 0 aliphatic heterocycles. The molecule has 0 aliphatic rings. The summed E-state index contributed by atoms with van der Waals surface area (Å²) >= 11 is 0. The Hall–Kier alpha value is -1.75. The normalized spacial score (nSPS) is 11.3. The first kappa shape index (κ1) is 10.8. The highest BCUT2D eigenvalue weighted by atomic mass is 32.2. The second-order valence-corrected chi connectivity index (χ2v) is 5.26. The molecule has 0 fully saturated rings. The summed E-state index contributed by atoms with van der Waals surface area (Å²) in [6.45, 7) is 0. The molecule has 2 rings (SSSR count). The first-order valence-corrected chi connectivity index (χ1v) is 6.44. The number of aromatic nitrogens is 2. The van der Waals surface area contributed by atoms with Crippen molar-refractivity contribution in [1.29, 1.82) is 0 Å². The van der Waals surface area contributed by atoms with E-state index >= 15 is 0 Å². The number of rotatable bonds is 2. The topological polar surface area (TPSA) is 59.9 Å². The molecule has 81 valence electrons. The number of hydrogen-bond acceptors (Lipinski definition) is 4. The smallest absolute Gasteiger partial charge is 0.176 e. The lowest BCUT2D eigenvalue weighted by molar-refractivity contribution is 0.602. The van der Waals surface area contributed by atoms with Crippen LogP contribution >= 0.6 is 0 Å². The molecule has 0 aliphatic carbocycles. The maximum absolute atomic E-state index is 11.6. The first-order valence-electron chi connectivity index (χ1n) is 4.55. The van der Waals surface area contributed by atoms with Gasteiger partial charge in [-0.05, 0) is 0 Å². The fourth-order valence-corrected chi connectivity index (χ4v) is 2.26. The lowest BCUT2D eigenvalue weighted by Crippen LogP contribution is -2.00. The third kappa shape index (κ3) is 2.09. The third-order valence-electron chi connectivity index (χ3n) is 2.06. The lowest BCUT2D eigenvalue weighted by Gasteiger charge is -2.05. The van der Waals surface area contributed by atoms with Gasteiger partial charge in [0.05, 0.1) is 4.90 Å². The van der Waals surface area contributed by atoms with E-state index in [2.05, 4.69) is 16.0 Å². The van der Waals surface area contributed by atoms with Gasteiger partial charge in [-0.1, -0.05) is 18.2 Å². The van der Waals surface area contributed by atoms with Gasteiger partial charge in [-0.25, -0.2) is 18.4 Å². The van der Waals surface area contributed by atoms with Crippen LogP contribution < -0.4 is 0 Å². The zero-order valence-electron chi connectivity index (χ0n) is 8.58. The van der Waals surface area contributed by atoms with E-state index in [-0.39, 0.29) is 4.90 Å². The fourth-order valence-electron chi connectivity index (χ4n) is 1.39. The highest BCUT2D eigenvalue weighted by molar-refractivity contribution is 7.90. The van der Waals surface area contributed by atoms with Crippen LogP contribution in [-0.4, -0.2) is 24.6 Å². The van der Waals surface area contributed by atoms with E-state index in [9.17, 15) is 8.42 Å². The average Bonchev–Trinajstić information content (AvgIpc) is 2.29. The van der Waals surface area contributed by atoms with E-state index in [0.29, 0.717) is 11.1 Å². The van der Waals surface area contributed by atoms with Crippen LogP contribution in [0.5, 0.6) is 0 Å². The molecule has 1 aromatic carbocycles. The summed E-state index contributed by atoms with van der Waals surface area (Å²) in [7, 11) is -3.29. The standard InChI is InChI=1S/C11H9N2O2S/c1-16(14,15)11-5-3-2-4-10(11)9-6-12-8-13-7-9/h2-4,6-8H,1H3. The molecule has 1 aromatic heterocycles. The van der Waals surface area contributed by atoms with E-state index in [1.807, 2.05) is 0 Å². The van der Waals surface area contributed by atoms with E-state index in [0.717, 1.165) is 6.26 Å². The Morgan fingerprint density at radius 3 is 2.56 bits per heavy atom. The van der Waals surface area contributed by atoms with E-state index < -0.39 is 9.84 Å². The highest BCUT2D eigenvalue weighted by Gasteiger charge is 2.14. The fraction of sp³-hybridized carbons (Fsp3) is 0.0909. The van der Waals surface area contributed by atoms with Crippen LogP contribution in [0.25, 0.3) is 11.1 Å². The Labute approximate surface area is 93.9 Å². The molecule has 0 saturated heterocycles. The van der Waals surface area contributed by atoms with E-state index in [1.165, 1.54) is 6.33 Å². The predicted molar refractivity (Wildman–Crippen MR) is 59.4 cm³/mol. The molecule has 1 radical (unpaired) electrons. The maximum atomic E-state index is 11.6. The molecule has 0 bridgehead atoms. The molecule has 0 atom stereocenters. The minimum absolute atomic E-state index is 0.171. The summed E-state index contributed by atoms with van der Waals surface area (Å²) in [5.74, 6) is 0. The van der Waals surface area contributed by atoms with Crippen LogP contribution in [-0.2, 0) is 9.84 Å². The number of benzene rings is 1. The second kappa shape index (κ2) is 4.02. The van der Waals surface area contributed by atoms with Crippen molar-refractivity contribution in [2.75, 3.05) is 6.26 Å². The van der Waals surface area contributed by atoms with Gasteiger partial charge < -0.3 is 0 Å². The van der Waals surface area contributed by atoms with Gasteiger partial charge in [0, 0.05) is 35.8 Å². The van der Waals surface area contributed by atoms with Crippen LogP contribution in [0.2, 0.25) is 0 Å². The first-order chi connectivity index (χ1) is 7.59. The summed E-state index contributed by atoms with van der Waals surface area (Å²) in [5, 5.41) is 0. The third-order valence-corrected chi connectivity index (χ3v) is 3.14. The van der Waals surface area contributed by atoms with Gasteiger partial charge in [-0.3, -0.25) is 0 Å². The molecule has 0 amide bonds. The van der Waals surface area contributed by atoms with Gasteiger partial charge in [0.1, 0.15) is 6.33 Å². The molecular formula is C11H9N2O2S. The van der Waals surface area contributed by atoms with Crippen molar-refractivity contribution in [3.63, 3.8) is 0 Å². The van der Waals surface area contributed by atoms with Crippen LogP contribution in [0.3, 0.4) is 0 Å². The molecule has 0 saturated carbocycles. The SMILES string of the molecule is CS(=O)(=O)c1[c]cccc1-c1cncnc1. The molecular weight excluding hydrogens is 224 g/mol. The zero-order chi connectivity index (χ0) is 11.6. The van der Waals surface area contributed by atoms with Gasteiger partial charge in [0.2, 0.25) is 0 Å². The van der Waals surface area contributed by atoms with Crippen molar-refractivity contribution in [2.45, 2.75) is 4.90 Å². The van der Waals surface area contributed by atoms with Crippen molar-refractivity contribution < 1.29 is 8.42 Å². The van der Waals surface area contributed by atoms with Crippen LogP contribution in [0, 0.1) is 6.07 Å². The van der Waals surface area contributed by atoms with Gasteiger partial charge in [0.15, 0.2) is 9.84 Å². The summed E-state index contributed by atoms with van der Waals surface area (Å²) < 4.78 is 23.1. The summed E-state index contributed by atoms with van der Waals surface area (Å²) in [4.78, 5) is 7.90. The van der Waals surface area contributed by atoms with Crippen molar-refractivity contribution >= 4 is 9.84 Å². The zero-order valence-corrected chi connectivity index (χ0v) is 9.40. The molecule has 16 heavy (non-hydrogen) atoms. The highest BCUT2D eigenvalue weighted by Crippen LogP contribution is 2.25. The monoisotopic (exact) mass is 233 g/mol. The Kier molecular flexibility index (Phi) is 2.70. The lowest BCUT2D eigenvalue weighted by atomic mass is 10.1. The van der Waals surface area contributed by atoms with Crippen LogP contribution in [0.15, 0.2) is 41.8 Å². The summed E-state index contributed by atoms with van der Waals surface area (Å²) in [6, 6.07) is 7.75. The molecule has 5 heteroatoms. The minimum atomic E-state index is -3.29. The van der Waals surface area contributed by atoms with Crippen LogP contribution in [0.1, 0.15) is 0 Å². The molecule has 0 spiro atoms. The molecule has 1 heterocycles. The number of nitrogens with zero attached hydrogens (tertiary/aromatic N) is 2. The maximum Gasteiger partial charge on any atom is 0.176 e. The van der Waals surface area contributed by atoms with Crippen molar-refractivity contribution in [3.8, 4) is 11.1 Å². The molecule has 0 N–H and O–H groups in total. The van der Waals surface area contributed by atoms with Crippen molar-refractivity contribution in [1.82, 2.24) is 9.97 Å². The Bertz CT molecular complexity index is 594. The number of hydrogen-bond donors (Lipinski definition) is 0. The van der Waals surface area contributed by atoms with Crippen LogP contribution in [0.4, 0.5) is 0 Å². The van der Waals surface area contributed by atoms with Gasteiger partial charge in [-0.15, -0.1) is 0 Å². The quantitative estimate of drug-likeness (QED) is 0.785. The minimum Gasteiger partial charge on any atom is -0.244 e. The van der Waals surface area contributed by atoms with Gasteiger partial charge in [0.25, 0.3) is 0 Å². The van der Waals surface area contributed by atoms with E-state index in [4.69, 9.17) is 0 Å². The Balaban J connectivity index is 2.68. The second-order valence-electron chi connectivity index (χ2n) is 3.31. The summed E-state index contributed by atoms with van der Waals surface area (Å²) in [6.07, 6.45) is 5.71. The Morgan fingerprint density at radius 2 is 1.94 bits per heavy atom. The average molecular weight is 233 g/mol. The molecule has 4 nitrogen and oxygen atoms in total.